The average molecular weight is 256 g/mol. The number of nitrogens with one attached hydrogen (secondary N) is 1. The van der Waals surface area contributed by atoms with Crippen LogP contribution in [-0.4, -0.2) is 22.8 Å². The van der Waals surface area contributed by atoms with E-state index in [1.807, 2.05) is 30.3 Å². The van der Waals surface area contributed by atoms with Crippen molar-refractivity contribution < 1.29 is 4.79 Å². The zero-order valence-corrected chi connectivity index (χ0v) is 10.7. The van der Waals surface area contributed by atoms with Gasteiger partial charge in [0.2, 0.25) is 0 Å². The first-order chi connectivity index (χ1) is 9.20. The molecule has 0 unspecified atom stereocenters. The number of aromatic nitrogens is 1. The topological polar surface area (TPSA) is 71.2 Å². The molecule has 2 rings (SSSR count). The molecule has 0 saturated heterocycles. The predicted molar refractivity (Wildman–Crippen MR) is 74.3 cm³/mol. The van der Waals surface area contributed by atoms with Gasteiger partial charge in [0.25, 0.3) is 5.91 Å². The fraction of sp³-hybridized carbons (Fsp3) is 0.143. The van der Waals surface area contributed by atoms with Crippen LogP contribution in [0.5, 0.6) is 0 Å². The quantitative estimate of drug-likeness (QED) is 0.644. The normalized spacial score (nSPS) is 10.0. The van der Waals surface area contributed by atoms with Gasteiger partial charge >= 0.3 is 0 Å². The molecule has 0 radical (unpaired) electrons. The van der Waals surface area contributed by atoms with E-state index in [4.69, 9.17) is 5.84 Å². The smallest absolute Gasteiger partial charge is 0.272 e. The van der Waals surface area contributed by atoms with Gasteiger partial charge in [0.05, 0.1) is 5.69 Å². The highest BCUT2D eigenvalue weighted by Gasteiger charge is 2.13. The van der Waals surface area contributed by atoms with Crippen molar-refractivity contribution in [1.29, 1.82) is 0 Å². The molecule has 0 aliphatic rings. The Bertz CT molecular complexity index is 556. The molecular weight excluding hydrogens is 240 g/mol. The Morgan fingerprint density at radius 1 is 1.32 bits per heavy atom. The standard InChI is InChI=1S/C14H16N4O/c1-18(10-11-5-3-2-4-6-11)14(19)13-9-12(17-15)7-8-16-13/h2-9H,10,15H2,1H3,(H,16,17). The summed E-state index contributed by atoms with van der Waals surface area (Å²) in [5.41, 5.74) is 4.60. The van der Waals surface area contributed by atoms with Crippen molar-refractivity contribution >= 4 is 11.6 Å². The number of carbonyl (C=O) groups excluding carboxylic acids is 1. The molecule has 0 spiro atoms. The summed E-state index contributed by atoms with van der Waals surface area (Å²) < 4.78 is 0. The maximum Gasteiger partial charge on any atom is 0.272 e. The number of amides is 1. The summed E-state index contributed by atoms with van der Waals surface area (Å²) in [7, 11) is 1.75. The second-order valence-electron chi connectivity index (χ2n) is 4.22. The van der Waals surface area contributed by atoms with E-state index in [0.29, 0.717) is 17.9 Å². The molecule has 2 aromatic rings. The zero-order valence-electron chi connectivity index (χ0n) is 10.7. The Morgan fingerprint density at radius 2 is 2.05 bits per heavy atom. The van der Waals surface area contributed by atoms with Crippen LogP contribution in [0.1, 0.15) is 16.1 Å². The largest absolute Gasteiger partial charge is 0.336 e. The van der Waals surface area contributed by atoms with Crippen LogP contribution in [0.2, 0.25) is 0 Å². The van der Waals surface area contributed by atoms with Gasteiger partial charge in [0.15, 0.2) is 0 Å². The predicted octanol–water partition coefficient (Wildman–Crippen LogP) is 1.64. The molecular formula is C14H16N4O. The van der Waals surface area contributed by atoms with Crippen LogP contribution >= 0.6 is 0 Å². The van der Waals surface area contributed by atoms with Crippen molar-refractivity contribution in [2.24, 2.45) is 5.84 Å². The van der Waals surface area contributed by atoms with E-state index in [1.165, 1.54) is 0 Å². The third kappa shape index (κ3) is 3.29. The third-order valence-corrected chi connectivity index (χ3v) is 2.75. The molecule has 1 aromatic heterocycles. The van der Waals surface area contributed by atoms with Gasteiger partial charge in [-0.05, 0) is 17.7 Å². The molecule has 0 saturated carbocycles. The lowest BCUT2D eigenvalue weighted by Gasteiger charge is -2.17. The van der Waals surface area contributed by atoms with Gasteiger partial charge in [0.1, 0.15) is 5.69 Å². The van der Waals surface area contributed by atoms with Crippen LogP contribution in [0.4, 0.5) is 5.69 Å². The SMILES string of the molecule is CN(Cc1ccccc1)C(=O)c1cc(NN)ccn1. The minimum Gasteiger partial charge on any atom is -0.336 e. The Morgan fingerprint density at radius 3 is 2.74 bits per heavy atom. The number of nitrogens with zero attached hydrogens (tertiary/aromatic N) is 2. The molecule has 19 heavy (non-hydrogen) atoms. The summed E-state index contributed by atoms with van der Waals surface area (Å²) >= 11 is 0. The summed E-state index contributed by atoms with van der Waals surface area (Å²) in [6.45, 7) is 0.543. The van der Waals surface area contributed by atoms with E-state index < -0.39 is 0 Å². The second-order valence-corrected chi connectivity index (χ2v) is 4.22. The summed E-state index contributed by atoms with van der Waals surface area (Å²) in [6.07, 6.45) is 1.55. The number of nitrogens with two attached hydrogens (primary N) is 1. The Hall–Kier alpha value is -2.40. The van der Waals surface area contributed by atoms with Crippen LogP contribution in [0.3, 0.4) is 0 Å². The number of carbonyl (C=O) groups is 1. The number of hydrazine groups is 1. The van der Waals surface area contributed by atoms with Crippen molar-refractivity contribution in [2.45, 2.75) is 6.54 Å². The lowest BCUT2D eigenvalue weighted by molar-refractivity contribution is 0.0779. The number of anilines is 1. The lowest BCUT2D eigenvalue weighted by atomic mass is 10.2. The minimum atomic E-state index is -0.138. The van der Waals surface area contributed by atoms with Gasteiger partial charge in [-0.1, -0.05) is 30.3 Å². The first-order valence-electron chi connectivity index (χ1n) is 5.93. The maximum atomic E-state index is 12.2. The van der Waals surface area contributed by atoms with Crippen LogP contribution in [0.15, 0.2) is 48.7 Å². The van der Waals surface area contributed by atoms with E-state index in [9.17, 15) is 4.79 Å². The van der Waals surface area contributed by atoms with Crippen LogP contribution < -0.4 is 11.3 Å². The van der Waals surface area contributed by atoms with Crippen molar-refractivity contribution in [2.75, 3.05) is 12.5 Å². The van der Waals surface area contributed by atoms with Crippen molar-refractivity contribution in [3.63, 3.8) is 0 Å². The summed E-state index contributed by atoms with van der Waals surface area (Å²) in [6, 6.07) is 13.1. The summed E-state index contributed by atoms with van der Waals surface area (Å²) in [4.78, 5) is 17.9. The third-order valence-electron chi connectivity index (χ3n) is 2.75. The molecule has 1 amide bonds. The van der Waals surface area contributed by atoms with Crippen LogP contribution in [0.25, 0.3) is 0 Å². The van der Waals surface area contributed by atoms with Crippen molar-refractivity contribution in [3.8, 4) is 0 Å². The fourth-order valence-electron chi connectivity index (χ4n) is 1.76. The van der Waals surface area contributed by atoms with Gasteiger partial charge < -0.3 is 10.3 Å². The first kappa shape index (κ1) is 13.0. The first-order valence-corrected chi connectivity index (χ1v) is 5.93. The number of rotatable bonds is 4. The monoisotopic (exact) mass is 256 g/mol. The molecule has 5 nitrogen and oxygen atoms in total. The summed E-state index contributed by atoms with van der Waals surface area (Å²) in [5.74, 6) is 5.18. The van der Waals surface area contributed by atoms with Gasteiger partial charge in [-0.3, -0.25) is 15.6 Å². The molecule has 98 valence electrons. The van der Waals surface area contributed by atoms with Gasteiger partial charge in [0, 0.05) is 19.8 Å². The van der Waals surface area contributed by atoms with E-state index in [2.05, 4.69) is 10.4 Å². The zero-order chi connectivity index (χ0) is 13.7. The van der Waals surface area contributed by atoms with Gasteiger partial charge in [-0.25, -0.2) is 0 Å². The molecule has 1 heterocycles. The van der Waals surface area contributed by atoms with Crippen molar-refractivity contribution in [3.05, 3.63) is 59.9 Å². The number of benzene rings is 1. The molecule has 0 fully saturated rings. The van der Waals surface area contributed by atoms with Gasteiger partial charge in [-0.15, -0.1) is 0 Å². The Kier molecular flexibility index (Phi) is 4.10. The molecule has 0 atom stereocenters. The van der Waals surface area contributed by atoms with Crippen LogP contribution in [-0.2, 0) is 6.54 Å². The molecule has 0 aliphatic heterocycles. The second kappa shape index (κ2) is 5.97. The lowest BCUT2D eigenvalue weighted by Crippen LogP contribution is -2.27. The Labute approximate surface area is 112 Å². The highest BCUT2D eigenvalue weighted by Crippen LogP contribution is 2.10. The average Bonchev–Trinajstić information content (AvgIpc) is 2.47. The summed E-state index contributed by atoms with van der Waals surface area (Å²) in [5, 5.41) is 0. The van der Waals surface area contributed by atoms with E-state index in [-0.39, 0.29) is 5.91 Å². The minimum absolute atomic E-state index is 0.138. The molecule has 0 bridgehead atoms. The van der Waals surface area contributed by atoms with E-state index in [1.54, 1.807) is 30.3 Å². The molecule has 0 aliphatic carbocycles. The molecule has 3 N–H and O–H groups in total. The van der Waals surface area contributed by atoms with Gasteiger partial charge in [-0.2, -0.15) is 0 Å². The number of pyridine rings is 1. The fourth-order valence-corrected chi connectivity index (χ4v) is 1.76. The molecule has 1 aromatic carbocycles. The highest BCUT2D eigenvalue weighted by atomic mass is 16.2. The van der Waals surface area contributed by atoms with Crippen molar-refractivity contribution in [1.82, 2.24) is 9.88 Å². The number of nitrogen functional groups attached to an aromatic ring is 1. The molecule has 5 heteroatoms. The Balaban J connectivity index is 2.10. The highest BCUT2D eigenvalue weighted by molar-refractivity contribution is 5.92. The van der Waals surface area contributed by atoms with Crippen LogP contribution in [0, 0.1) is 0 Å². The maximum absolute atomic E-state index is 12.2. The number of hydrogen-bond acceptors (Lipinski definition) is 4. The van der Waals surface area contributed by atoms with E-state index in [0.717, 1.165) is 5.56 Å². The van der Waals surface area contributed by atoms with E-state index >= 15 is 0 Å². The number of hydrogen-bond donors (Lipinski definition) is 2.